The number of carbonyl (C=O) groups is 2. The lowest BCUT2D eigenvalue weighted by Gasteiger charge is -2.18. The van der Waals surface area contributed by atoms with Crippen LogP contribution >= 0.6 is 27.7 Å². The van der Waals surface area contributed by atoms with Crippen LogP contribution in [0.4, 0.5) is 15.8 Å². The van der Waals surface area contributed by atoms with Gasteiger partial charge in [0.25, 0.3) is 5.69 Å². The third kappa shape index (κ3) is 3.41. The van der Waals surface area contributed by atoms with Gasteiger partial charge in [-0.25, -0.2) is 4.39 Å². The zero-order valence-electron chi connectivity index (χ0n) is 10.8. The minimum absolute atomic E-state index is 0.0260. The maximum absolute atomic E-state index is 13.3. The highest BCUT2D eigenvalue weighted by Gasteiger charge is 2.36. The van der Waals surface area contributed by atoms with Crippen LogP contribution in [0.15, 0.2) is 16.6 Å². The van der Waals surface area contributed by atoms with E-state index in [1.54, 1.807) is 0 Å². The fourth-order valence-electron chi connectivity index (χ4n) is 2.16. The number of hydrogen-bond donors (Lipinski definition) is 0. The summed E-state index contributed by atoms with van der Waals surface area (Å²) in [6.07, 6.45) is 0.116. The molecule has 1 aromatic carbocycles. The molecule has 9 heteroatoms. The molecule has 1 aliphatic rings. The number of carbonyl (C=O) groups excluding carboxylic acids is 2. The first kappa shape index (κ1) is 15.9. The van der Waals surface area contributed by atoms with Crippen molar-refractivity contribution in [2.24, 2.45) is 0 Å². The molecule has 1 heterocycles. The Bertz CT molecular complexity index is 640. The highest BCUT2D eigenvalue weighted by atomic mass is 79.9. The highest BCUT2D eigenvalue weighted by molar-refractivity contribution is 9.10. The van der Waals surface area contributed by atoms with Gasteiger partial charge in [-0.1, -0.05) is 11.8 Å². The number of nitro groups is 1. The van der Waals surface area contributed by atoms with Crippen molar-refractivity contribution in [2.75, 3.05) is 11.4 Å². The number of benzene rings is 1. The first-order chi connectivity index (χ1) is 9.79. The van der Waals surface area contributed by atoms with E-state index in [2.05, 4.69) is 15.9 Å². The van der Waals surface area contributed by atoms with Gasteiger partial charge in [0.05, 0.1) is 15.5 Å². The average Bonchev–Trinajstić information content (AvgIpc) is 2.67. The summed E-state index contributed by atoms with van der Waals surface area (Å²) in [6, 6.07) is 1.85. The van der Waals surface area contributed by atoms with Crippen molar-refractivity contribution in [3.8, 4) is 0 Å². The topological polar surface area (TPSA) is 80.5 Å². The van der Waals surface area contributed by atoms with Crippen molar-refractivity contribution in [2.45, 2.75) is 18.6 Å². The molecule has 1 aliphatic heterocycles. The van der Waals surface area contributed by atoms with Crippen LogP contribution in [0.5, 0.6) is 0 Å². The Balaban J connectivity index is 2.40. The minimum atomic E-state index is -0.765. The molecular formula is C12H10BrFN2O4S. The molecule has 1 fully saturated rings. The predicted molar refractivity (Wildman–Crippen MR) is 79.8 cm³/mol. The molecule has 0 aliphatic carbocycles. The van der Waals surface area contributed by atoms with E-state index in [9.17, 15) is 24.1 Å². The van der Waals surface area contributed by atoms with E-state index in [4.69, 9.17) is 0 Å². The Labute approximate surface area is 132 Å². The molecule has 0 saturated carbocycles. The lowest BCUT2D eigenvalue weighted by atomic mass is 10.2. The van der Waals surface area contributed by atoms with Crippen LogP contribution in [-0.4, -0.2) is 27.7 Å². The average molecular weight is 377 g/mol. The predicted octanol–water partition coefficient (Wildman–Crippen LogP) is 2.88. The molecule has 0 spiro atoms. The quantitative estimate of drug-likeness (QED) is 0.598. The van der Waals surface area contributed by atoms with Crippen molar-refractivity contribution in [1.29, 1.82) is 0 Å². The molecule has 1 unspecified atom stereocenters. The van der Waals surface area contributed by atoms with Crippen LogP contribution in [0.1, 0.15) is 13.3 Å². The van der Waals surface area contributed by atoms with Crippen LogP contribution in [0, 0.1) is 15.9 Å². The van der Waals surface area contributed by atoms with E-state index in [0.29, 0.717) is 0 Å². The van der Waals surface area contributed by atoms with Crippen molar-refractivity contribution in [3.05, 3.63) is 32.5 Å². The monoisotopic (exact) mass is 376 g/mol. The van der Waals surface area contributed by atoms with E-state index < -0.39 is 16.4 Å². The van der Waals surface area contributed by atoms with Crippen LogP contribution < -0.4 is 4.90 Å². The molecule has 2 rings (SSSR count). The molecule has 6 nitrogen and oxygen atoms in total. The highest BCUT2D eigenvalue weighted by Crippen LogP contribution is 2.40. The zero-order valence-corrected chi connectivity index (χ0v) is 13.2. The number of nitro benzene ring substituents is 1. The van der Waals surface area contributed by atoms with E-state index >= 15 is 0 Å². The molecule has 1 aromatic rings. The lowest BCUT2D eigenvalue weighted by molar-refractivity contribution is -0.384. The zero-order chi connectivity index (χ0) is 15.7. The van der Waals surface area contributed by atoms with Gasteiger partial charge in [-0.05, 0) is 22.0 Å². The molecule has 0 N–H and O–H groups in total. The summed E-state index contributed by atoms with van der Waals surface area (Å²) < 4.78 is 13.4. The molecule has 112 valence electrons. The molecule has 21 heavy (non-hydrogen) atoms. The van der Waals surface area contributed by atoms with Crippen molar-refractivity contribution < 1.29 is 18.9 Å². The summed E-state index contributed by atoms with van der Waals surface area (Å²) in [5, 5.41) is 10.7. The number of amides is 1. The molecule has 0 bridgehead atoms. The summed E-state index contributed by atoms with van der Waals surface area (Å²) in [4.78, 5) is 34.7. The maximum atomic E-state index is 13.3. The summed E-state index contributed by atoms with van der Waals surface area (Å²) in [7, 11) is 0. The van der Waals surface area contributed by atoms with Gasteiger partial charge >= 0.3 is 0 Å². The Kier molecular flexibility index (Phi) is 4.62. The molecule has 1 atom stereocenters. The molecule has 0 radical (unpaired) electrons. The number of thioether (sulfide) groups is 1. The van der Waals surface area contributed by atoms with E-state index in [1.165, 1.54) is 11.8 Å². The second-order valence-electron chi connectivity index (χ2n) is 4.45. The summed E-state index contributed by atoms with van der Waals surface area (Å²) in [6.45, 7) is 1.57. The van der Waals surface area contributed by atoms with Crippen LogP contribution in [0.25, 0.3) is 0 Å². The van der Waals surface area contributed by atoms with Gasteiger partial charge in [0.15, 0.2) is 5.12 Å². The molecule has 1 saturated heterocycles. The van der Waals surface area contributed by atoms with Crippen LogP contribution in [0.2, 0.25) is 0 Å². The largest absolute Gasteiger partial charge is 0.304 e. The summed E-state index contributed by atoms with van der Waals surface area (Å²) in [5.41, 5.74) is -0.457. The number of halogens is 2. The maximum Gasteiger partial charge on any atom is 0.297 e. The summed E-state index contributed by atoms with van der Waals surface area (Å²) >= 11 is 4.09. The van der Waals surface area contributed by atoms with Gasteiger partial charge in [0.1, 0.15) is 11.5 Å². The van der Waals surface area contributed by atoms with Gasteiger partial charge < -0.3 is 4.90 Å². The second-order valence-corrected chi connectivity index (χ2v) is 6.78. The first-order valence-corrected chi connectivity index (χ1v) is 7.58. The number of hydrogen-bond acceptors (Lipinski definition) is 5. The Morgan fingerprint density at radius 3 is 2.81 bits per heavy atom. The minimum Gasteiger partial charge on any atom is -0.304 e. The normalized spacial score (nSPS) is 18.1. The lowest BCUT2D eigenvalue weighted by Crippen LogP contribution is -2.26. The second kappa shape index (κ2) is 6.10. The van der Waals surface area contributed by atoms with Gasteiger partial charge in [-0.2, -0.15) is 0 Å². The third-order valence-corrected chi connectivity index (χ3v) is 4.48. The Morgan fingerprint density at radius 1 is 1.57 bits per heavy atom. The fraction of sp³-hybridized carbons (Fsp3) is 0.333. The fourth-order valence-corrected chi connectivity index (χ4v) is 3.72. The van der Waals surface area contributed by atoms with Gasteiger partial charge in [0, 0.05) is 25.1 Å². The molecule has 1 amide bonds. The van der Waals surface area contributed by atoms with Gasteiger partial charge in [-0.3, -0.25) is 19.7 Å². The SMILES string of the molecule is CC(=O)SC1CC(=O)N(c2c(Br)cc(F)cc2[N+](=O)[O-])C1. The third-order valence-electron chi connectivity index (χ3n) is 2.90. The number of rotatable bonds is 3. The van der Waals surface area contributed by atoms with E-state index in [1.807, 2.05) is 0 Å². The van der Waals surface area contributed by atoms with Crippen molar-refractivity contribution >= 4 is 50.1 Å². The van der Waals surface area contributed by atoms with Gasteiger partial charge in [-0.15, -0.1) is 0 Å². The smallest absolute Gasteiger partial charge is 0.297 e. The standard InChI is InChI=1S/C12H10BrFN2O4S/c1-6(17)21-8-4-11(18)15(5-8)12-9(13)2-7(14)3-10(12)16(19)20/h2-3,8H,4-5H2,1H3. The number of anilines is 1. The first-order valence-electron chi connectivity index (χ1n) is 5.90. The van der Waals surface area contributed by atoms with E-state index in [-0.39, 0.29) is 39.4 Å². The van der Waals surface area contributed by atoms with Crippen LogP contribution in [0.3, 0.4) is 0 Å². The van der Waals surface area contributed by atoms with E-state index in [0.717, 1.165) is 23.9 Å². The Hall–Kier alpha value is -1.48. The van der Waals surface area contributed by atoms with Gasteiger partial charge in [0.2, 0.25) is 5.91 Å². The summed E-state index contributed by atoms with van der Waals surface area (Å²) in [5.74, 6) is -1.09. The molecular weight excluding hydrogens is 367 g/mol. The Morgan fingerprint density at radius 2 is 2.24 bits per heavy atom. The van der Waals surface area contributed by atoms with Crippen LogP contribution in [-0.2, 0) is 9.59 Å². The number of nitrogens with zero attached hydrogens (tertiary/aromatic N) is 2. The molecule has 0 aromatic heterocycles. The van der Waals surface area contributed by atoms with Crippen molar-refractivity contribution in [1.82, 2.24) is 0 Å². The van der Waals surface area contributed by atoms with Crippen molar-refractivity contribution in [3.63, 3.8) is 0 Å².